The minimum Gasteiger partial charge on any atom is -0.444 e. The third-order valence-electron chi connectivity index (χ3n) is 6.54. The summed E-state index contributed by atoms with van der Waals surface area (Å²) >= 11 is 0. The van der Waals surface area contributed by atoms with Crippen LogP contribution in [0.4, 0.5) is 4.79 Å². The van der Waals surface area contributed by atoms with Gasteiger partial charge in [-0.2, -0.15) is 5.10 Å². The number of hydrogen-bond donors (Lipinski definition) is 0. The van der Waals surface area contributed by atoms with E-state index in [0.29, 0.717) is 6.54 Å². The molecule has 2 saturated heterocycles. The SMILES string of the molecule is CC(C)(C)OC(=O)N1CC(n2cc(B3OC(C)(C)C(C)(C)O3)cn2)CC12CC2. The third kappa shape index (κ3) is 3.34. The van der Waals surface area contributed by atoms with Gasteiger partial charge in [0.15, 0.2) is 0 Å². The van der Waals surface area contributed by atoms with Gasteiger partial charge in [-0.05, 0) is 67.7 Å². The monoisotopic (exact) mass is 389 g/mol. The van der Waals surface area contributed by atoms with Gasteiger partial charge in [0.25, 0.3) is 0 Å². The molecule has 1 aromatic rings. The van der Waals surface area contributed by atoms with Crippen LogP contribution >= 0.6 is 0 Å². The van der Waals surface area contributed by atoms with Gasteiger partial charge in [0.05, 0.1) is 17.2 Å². The summed E-state index contributed by atoms with van der Waals surface area (Å²) in [4.78, 5) is 14.6. The Morgan fingerprint density at radius 2 is 1.82 bits per heavy atom. The Hall–Kier alpha value is -1.54. The maximum atomic E-state index is 12.7. The van der Waals surface area contributed by atoms with Gasteiger partial charge in [-0.3, -0.25) is 4.68 Å². The summed E-state index contributed by atoms with van der Waals surface area (Å²) in [5.74, 6) is 0. The van der Waals surface area contributed by atoms with Crippen LogP contribution in [0.3, 0.4) is 0 Å². The standard InChI is InChI=1S/C20H32BN3O4/c1-17(2,3)26-16(25)23-13-15(10-20(23)8-9-20)24-12-14(11-22-24)21-27-18(4,5)19(6,7)28-21/h11-12,15H,8-10,13H2,1-7H3. The zero-order valence-corrected chi connectivity index (χ0v) is 18.1. The number of amides is 1. The van der Waals surface area contributed by atoms with Gasteiger partial charge in [-0.25, -0.2) is 4.79 Å². The van der Waals surface area contributed by atoms with Crippen LogP contribution < -0.4 is 5.46 Å². The van der Waals surface area contributed by atoms with Crippen LogP contribution in [0.25, 0.3) is 0 Å². The molecular formula is C20H32BN3O4. The minimum atomic E-state index is -0.485. The van der Waals surface area contributed by atoms with E-state index in [4.69, 9.17) is 14.0 Å². The molecule has 0 bridgehead atoms. The molecule has 1 saturated carbocycles. The second-order valence-corrected chi connectivity index (χ2v) is 10.5. The maximum Gasteiger partial charge on any atom is 0.498 e. The van der Waals surface area contributed by atoms with Crippen molar-refractivity contribution in [2.24, 2.45) is 0 Å². The summed E-state index contributed by atoms with van der Waals surface area (Å²) in [5, 5.41) is 4.58. The van der Waals surface area contributed by atoms with Crippen LogP contribution in [0.2, 0.25) is 0 Å². The lowest BCUT2D eigenvalue weighted by Gasteiger charge is -2.32. The highest BCUT2D eigenvalue weighted by Gasteiger charge is 2.58. The molecule has 154 valence electrons. The largest absolute Gasteiger partial charge is 0.498 e. The molecule has 3 fully saturated rings. The van der Waals surface area contributed by atoms with E-state index >= 15 is 0 Å². The van der Waals surface area contributed by atoms with Crippen molar-refractivity contribution in [3.63, 3.8) is 0 Å². The van der Waals surface area contributed by atoms with Crippen LogP contribution in [-0.4, -0.2) is 56.8 Å². The predicted molar refractivity (Wildman–Crippen MR) is 107 cm³/mol. The van der Waals surface area contributed by atoms with Crippen LogP contribution in [0, 0.1) is 0 Å². The van der Waals surface area contributed by atoms with Crippen molar-refractivity contribution in [2.45, 2.75) is 96.1 Å². The fourth-order valence-electron chi connectivity index (χ4n) is 4.05. The summed E-state index contributed by atoms with van der Waals surface area (Å²) in [6, 6.07) is 0.145. The van der Waals surface area contributed by atoms with Crippen molar-refractivity contribution in [1.82, 2.24) is 14.7 Å². The fraction of sp³-hybridized carbons (Fsp3) is 0.800. The van der Waals surface area contributed by atoms with Gasteiger partial charge in [0.2, 0.25) is 0 Å². The topological polar surface area (TPSA) is 65.8 Å². The first-order valence-electron chi connectivity index (χ1n) is 10.2. The predicted octanol–water partition coefficient (Wildman–Crippen LogP) is 2.90. The number of nitrogens with zero attached hydrogens (tertiary/aromatic N) is 3. The van der Waals surface area contributed by atoms with Crippen molar-refractivity contribution < 1.29 is 18.8 Å². The van der Waals surface area contributed by atoms with Crippen molar-refractivity contribution in [3.8, 4) is 0 Å². The number of carbonyl (C=O) groups excluding carboxylic acids is 1. The minimum absolute atomic E-state index is 0.0521. The summed E-state index contributed by atoms with van der Waals surface area (Å²) in [6.07, 6.45) is 6.59. The lowest BCUT2D eigenvalue weighted by molar-refractivity contribution is 0.00578. The molecule has 1 unspecified atom stereocenters. The molecule has 4 rings (SSSR count). The molecule has 3 aliphatic rings. The maximum absolute atomic E-state index is 12.7. The molecule has 3 heterocycles. The zero-order chi connectivity index (χ0) is 20.5. The molecule has 28 heavy (non-hydrogen) atoms. The van der Waals surface area contributed by atoms with Gasteiger partial charge < -0.3 is 18.9 Å². The quantitative estimate of drug-likeness (QED) is 0.728. The van der Waals surface area contributed by atoms with E-state index in [0.717, 1.165) is 24.7 Å². The molecule has 0 N–H and O–H groups in total. The third-order valence-corrected chi connectivity index (χ3v) is 6.54. The molecule has 0 radical (unpaired) electrons. The van der Waals surface area contributed by atoms with E-state index < -0.39 is 12.7 Å². The Kier molecular flexibility index (Phi) is 4.23. The van der Waals surface area contributed by atoms with Gasteiger partial charge in [0.1, 0.15) is 5.60 Å². The van der Waals surface area contributed by atoms with E-state index in [9.17, 15) is 4.79 Å². The van der Waals surface area contributed by atoms with Gasteiger partial charge >= 0.3 is 13.2 Å². The molecule has 1 aromatic heterocycles. The van der Waals surface area contributed by atoms with Crippen molar-refractivity contribution in [3.05, 3.63) is 12.4 Å². The number of likely N-dealkylation sites (tertiary alicyclic amines) is 1. The first-order chi connectivity index (χ1) is 12.8. The molecule has 2 aliphatic heterocycles. The molecule has 1 atom stereocenters. The lowest BCUT2D eigenvalue weighted by Crippen LogP contribution is -2.41. The fourth-order valence-corrected chi connectivity index (χ4v) is 4.05. The molecule has 8 heteroatoms. The van der Waals surface area contributed by atoms with E-state index in [-0.39, 0.29) is 28.9 Å². The van der Waals surface area contributed by atoms with Gasteiger partial charge in [0, 0.05) is 29.9 Å². The highest BCUT2D eigenvalue weighted by atomic mass is 16.7. The summed E-state index contributed by atoms with van der Waals surface area (Å²) in [5.41, 5.74) is -0.374. The second-order valence-electron chi connectivity index (χ2n) is 10.5. The average Bonchev–Trinajstić information content (AvgIpc) is 2.89. The Morgan fingerprint density at radius 3 is 2.36 bits per heavy atom. The Balaban J connectivity index is 1.48. The van der Waals surface area contributed by atoms with Crippen molar-refractivity contribution in [1.29, 1.82) is 0 Å². The summed E-state index contributed by atoms with van der Waals surface area (Å²) < 4.78 is 19.9. The number of aromatic nitrogens is 2. The molecule has 0 aromatic carbocycles. The normalized spacial score (nSPS) is 27.5. The molecular weight excluding hydrogens is 357 g/mol. The van der Waals surface area contributed by atoms with E-state index in [1.54, 1.807) is 0 Å². The highest BCUT2D eigenvalue weighted by molar-refractivity contribution is 6.62. The van der Waals surface area contributed by atoms with E-state index in [1.165, 1.54) is 0 Å². The number of ether oxygens (including phenoxy) is 1. The van der Waals surface area contributed by atoms with Crippen LogP contribution in [0.1, 0.15) is 73.8 Å². The molecule has 1 amide bonds. The second kappa shape index (κ2) is 5.98. The van der Waals surface area contributed by atoms with Crippen LogP contribution in [0.5, 0.6) is 0 Å². The van der Waals surface area contributed by atoms with Crippen molar-refractivity contribution in [2.75, 3.05) is 6.54 Å². The zero-order valence-electron chi connectivity index (χ0n) is 18.1. The summed E-state index contributed by atoms with van der Waals surface area (Å²) in [7, 11) is -0.419. The number of rotatable bonds is 2. The molecule has 7 nitrogen and oxygen atoms in total. The average molecular weight is 389 g/mol. The van der Waals surface area contributed by atoms with E-state index in [1.807, 2.05) is 70.4 Å². The Morgan fingerprint density at radius 1 is 1.21 bits per heavy atom. The lowest BCUT2D eigenvalue weighted by atomic mass is 9.82. The molecule has 1 aliphatic carbocycles. The smallest absolute Gasteiger partial charge is 0.444 e. The number of carbonyl (C=O) groups is 1. The van der Waals surface area contributed by atoms with Crippen molar-refractivity contribution >= 4 is 18.7 Å². The number of hydrogen-bond acceptors (Lipinski definition) is 5. The first kappa shape index (κ1) is 19.8. The van der Waals surface area contributed by atoms with Crippen LogP contribution in [-0.2, 0) is 14.0 Å². The Labute approximate surface area is 167 Å². The first-order valence-corrected chi connectivity index (χ1v) is 10.2. The highest BCUT2D eigenvalue weighted by Crippen LogP contribution is 2.53. The van der Waals surface area contributed by atoms with Crippen LogP contribution in [0.15, 0.2) is 12.4 Å². The summed E-state index contributed by atoms with van der Waals surface area (Å²) in [6.45, 7) is 14.5. The van der Waals surface area contributed by atoms with Gasteiger partial charge in [-0.1, -0.05) is 0 Å². The Bertz CT molecular complexity index is 763. The van der Waals surface area contributed by atoms with Gasteiger partial charge in [-0.15, -0.1) is 0 Å². The van der Waals surface area contributed by atoms with E-state index in [2.05, 4.69) is 5.10 Å². The molecule has 1 spiro atoms.